The van der Waals surface area contributed by atoms with Gasteiger partial charge in [0.05, 0.1) is 18.8 Å². The third kappa shape index (κ3) is 4.30. The first-order valence-corrected chi connectivity index (χ1v) is 6.03. The number of nitrogens with one attached hydrogen (secondary N) is 1. The molecule has 0 aliphatic rings. The molecule has 1 unspecified atom stereocenters. The van der Waals surface area contributed by atoms with Crippen molar-refractivity contribution in [3.05, 3.63) is 33.8 Å². The first kappa shape index (κ1) is 13.8. The minimum atomic E-state index is 0.110. The Morgan fingerprint density at radius 3 is 2.19 bits per heavy atom. The molecular formula is C12H17Cl2NO. The fraction of sp³-hybridized carbons (Fsp3) is 0.500. The summed E-state index contributed by atoms with van der Waals surface area (Å²) in [5, 5.41) is 4.48. The Morgan fingerprint density at radius 1 is 1.19 bits per heavy atom. The maximum Gasteiger partial charge on any atom is 0.0664 e. The summed E-state index contributed by atoms with van der Waals surface area (Å²) in [6.07, 6.45) is 0.213. The highest BCUT2D eigenvalue weighted by Gasteiger charge is 2.11. The zero-order valence-corrected chi connectivity index (χ0v) is 11.3. The Hall–Kier alpha value is -0.280. The van der Waals surface area contributed by atoms with Gasteiger partial charge in [0.25, 0.3) is 0 Å². The van der Waals surface area contributed by atoms with Gasteiger partial charge in [-0.05, 0) is 44.7 Å². The maximum absolute atomic E-state index is 5.96. The summed E-state index contributed by atoms with van der Waals surface area (Å²) in [5.74, 6) is 0. The van der Waals surface area contributed by atoms with Crippen LogP contribution in [0.25, 0.3) is 0 Å². The molecule has 0 radical (unpaired) electrons. The Kier molecular flexibility index (Phi) is 5.56. The second-order valence-electron chi connectivity index (χ2n) is 3.93. The van der Waals surface area contributed by atoms with Gasteiger partial charge in [-0.25, -0.2) is 0 Å². The van der Waals surface area contributed by atoms with Crippen molar-refractivity contribution >= 4 is 23.2 Å². The molecule has 0 bridgehead atoms. The van der Waals surface area contributed by atoms with Crippen LogP contribution in [0.2, 0.25) is 10.0 Å². The molecule has 0 saturated heterocycles. The van der Waals surface area contributed by atoms with Crippen LogP contribution in [-0.4, -0.2) is 19.8 Å². The molecule has 1 rings (SSSR count). The molecule has 1 aromatic carbocycles. The standard InChI is InChI=1S/C12H17Cl2NO/c1-8(2)16-7-12(15-3)9-4-10(13)6-11(14)5-9/h4-6,8,12,15H,7H2,1-3H3. The van der Waals surface area contributed by atoms with E-state index in [1.54, 1.807) is 6.07 Å². The van der Waals surface area contributed by atoms with Crippen molar-refractivity contribution in [1.82, 2.24) is 5.32 Å². The lowest BCUT2D eigenvalue weighted by atomic mass is 10.1. The van der Waals surface area contributed by atoms with Crippen molar-refractivity contribution in [2.24, 2.45) is 0 Å². The third-order valence-electron chi connectivity index (χ3n) is 2.23. The fourth-order valence-corrected chi connectivity index (χ4v) is 1.95. The summed E-state index contributed by atoms with van der Waals surface area (Å²) in [5.41, 5.74) is 1.04. The van der Waals surface area contributed by atoms with Gasteiger partial charge in [0.2, 0.25) is 0 Å². The summed E-state index contributed by atoms with van der Waals surface area (Å²) < 4.78 is 5.58. The first-order valence-electron chi connectivity index (χ1n) is 5.27. The van der Waals surface area contributed by atoms with E-state index in [9.17, 15) is 0 Å². The molecule has 1 atom stereocenters. The van der Waals surface area contributed by atoms with Crippen LogP contribution in [0.1, 0.15) is 25.5 Å². The number of hydrogen-bond donors (Lipinski definition) is 1. The van der Waals surface area contributed by atoms with Crippen LogP contribution in [0.5, 0.6) is 0 Å². The van der Waals surface area contributed by atoms with Crippen molar-refractivity contribution in [3.63, 3.8) is 0 Å². The number of ether oxygens (including phenoxy) is 1. The summed E-state index contributed by atoms with van der Waals surface area (Å²) in [7, 11) is 1.89. The second kappa shape index (κ2) is 6.45. The number of rotatable bonds is 5. The van der Waals surface area contributed by atoms with Gasteiger partial charge in [-0.3, -0.25) is 0 Å². The van der Waals surface area contributed by atoms with Crippen LogP contribution in [0.3, 0.4) is 0 Å². The summed E-state index contributed by atoms with van der Waals surface area (Å²) in [4.78, 5) is 0. The molecule has 0 heterocycles. The highest BCUT2D eigenvalue weighted by atomic mass is 35.5. The SMILES string of the molecule is CNC(COC(C)C)c1cc(Cl)cc(Cl)c1. The van der Waals surface area contributed by atoms with Crippen LogP contribution < -0.4 is 5.32 Å². The Morgan fingerprint density at radius 2 is 1.75 bits per heavy atom. The van der Waals surface area contributed by atoms with Gasteiger partial charge in [0.1, 0.15) is 0 Å². The zero-order valence-electron chi connectivity index (χ0n) is 9.76. The number of halogens is 2. The van der Waals surface area contributed by atoms with Crippen LogP contribution in [0, 0.1) is 0 Å². The van der Waals surface area contributed by atoms with E-state index < -0.39 is 0 Å². The van der Waals surface area contributed by atoms with E-state index in [0.717, 1.165) is 5.56 Å². The largest absolute Gasteiger partial charge is 0.377 e. The van der Waals surface area contributed by atoms with E-state index in [-0.39, 0.29) is 12.1 Å². The van der Waals surface area contributed by atoms with Crippen LogP contribution in [-0.2, 0) is 4.74 Å². The zero-order chi connectivity index (χ0) is 12.1. The molecule has 0 fully saturated rings. The van der Waals surface area contributed by atoms with E-state index in [4.69, 9.17) is 27.9 Å². The molecule has 0 amide bonds. The molecule has 16 heavy (non-hydrogen) atoms. The van der Waals surface area contributed by atoms with Gasteiger partial charge in [0.15, 0.2) is 0 Å². The van der Waals surface area contributed by atoms with Gasteiger partial charge in [-0.15, -0.1) is 0 Å². The first-order chi connectivity index (χ1) is 7.52. The Bertz CT molecular complexity index is 322. The van der Waals surface area contributed by atoms with Crippen molar-refractivity contribution in [3.8, 4) is 0 Å². The van der Waals surface area contributed by atoms with Crippen molar-refractivity contribution in [2.45, 2.75) is 26.0 Å². The molecule has 1 N–H and O–H groups in total. The monoisotopic (exact) mass is 261 g/mol. The average Bonchev–Trinajstić information content (AvgIpc) is 2.16. The average molecular weight is 262 g/mol. The third-order valence-corrected chi connectivity index (χ3v) is 2.67. The topological polar surface area (TPSA) is 21.3 Å². The molecule has 0 aliphatic carbocycles. The number of likely N-dealkylation sites (N-methyl/N-ethyl adjacent to an activating group) is 1. The van der Waals surface area contributed by atoms with Gasteiger partial charge in [-0.1, -0.05) is 23.2 Å². The van der Waals surface area contributed by atoms with Gasteiger partial charge >= 0.3 is 0 Å². The summed E-state index contributed by atoms with van der Waals surface area (Å²) in [6, 6.07) is 5.64. The summed E-state index contributed by atoms with van der Waals surface area (Å²) in [6.45, 7) is 4.63. The molecule has 0 spiro atoms. The predicted octanol–water partition coefficient (Wildman–Crippen LogP) is 3.68. The molecule has 4 heteroatoms. The van der Waals surface area contributed by atoms with E-state index >= 15 is 0 Å². The molecule has 2 nitrogen and oxygen atoms in total. The van der Waals surface area contributed by atoms with Gasteiger partial charge in [-0.2, -0.15) is 0 Å². The number of hydrogen-bond acceptors (Lipinski definition) is 2. The lowest BCUT2D eigenvalue weighted by Crippen LogP contribution is -2.23. The van der Waals surface area contributed by atoms with Crippen LogP contribution in [0.15, 0.2) is 18.2 Å². The van der Waals surface area contributed by atoms with E-state index in [2.05, 4.69) is 5.32 Å². The van der Waals surface area contributed by atoms with Gasteiger partial charge in [0, 0.05) is 10.0 Å². The highest BCUT2D eigenvalue weighted by molar-refractivity contribution is 6.34. The highest BCUT2D eigenvalue weighted by Crippen LogP contribution is 2.23. The second-order valence-corrected chi connectivity index (χ2v) is 4.80. The lowest BCUT2D eigenvalue weighted by molar-refractivity contribution is 0.0626. The predicted molar refractivity (Wildman–Crippen MR) is 69.4 cm³/mol. The van der Waals surface area contributed by atoms with Gasteiger partial charge < -0.3 is 10.1 Å². The van der Waals surface area contributed by atoms with E-state index in [1.165, 1.54) is 0 Å². The molecule has 0 aromatic heterocycles. The maximum atomic E-state index is 5.96. The normalized spacial score (nSPS) is 13.1. The Balaban J connectivity index is 2.78. The van der Waals surface area contributed by atoms with Crippen LogP contribution in [0.4, 0.5) is 0 Å². The van der Waals surface area contributed by atoms with E-state index in [0.29, 0.717) is 16.7 Å². The summed E-state index contributed by atoms with van der Waals surface area (Å²) >= 11 is 11.9. The molecule has 0 saturated carbocycles. The molecule has 0 aliphatic heterocycles. The smallest absolute Gasteiger partial charge is 0.0664 e. The Labute approximate surface area is 107 Å². The fourth-order valence-electron chi connectivity index (χ4n) is 1.41. The lowest BCUT2D eigenvalue weighted by Gasteiger charge is -2.19. The number of benzene rings is 1. The molecule has 90 valence electrons. The van der Waals surface area contributed by atoms with E-state index in [1.807, 2.05) is 33.0 Å². The van der Waals surface area contributed by atoms with Crippen molar-refractivity contribution in [2.75, 3.05) is 13.7 Å². The minimum Gasteiger partial charge on any atom is -0.377 e. The van der Waals surface area contributed by atoms with Crippen molar-refractivity contribution in [1.29, 1.82) is 0 Å². The minimum absolute atomic E-state index is 0.110. The molecular weight excluding hydrogens is 245 g/mol. The quantitative estimate of drug-likeness (QED) is 0.874. The van der Waals surface area contributed by atoms with Crippen molar-refractivity contribution < 1.29 is 4.74 Å². The van der Waals surface area contributed by atoms with Crippen LogP contribution >= 0.6 is 23.2 Å². The molecule has 1 aromatic rings.